The Kier molecular flexibility index (Phi) is 5.28. The fourth-order valence-electron chi connectivity index (χ4n) is 1.76. The molecular formula is C16H11ClFN3O2. The number of nitrogens with zero attached hydrogens (tertiary/aromatic N) is 2. The van der Waals surface area contributed by atoms with Crippen LogP contribution in [-0.2, 0) is 0 Å². The fourth-order valence-corrected chi connectivity index (χ4v) is 2.02. The highest BCUT2D eigenvalue weighted by Crippen LogP contribution is 2.24. The number of ether oxygens (including phenoxy) is 1. The molecule has 0 unspecified atom stereocenters. The second kappa shape index (κ2) is 7.38. The van der Waals surface area contributed by atoms with Gasteiger partial charge in [-0.05, 0) is 42.0 Å². The number of carbonyl (C=O) groups is 1. The molecule has 1 amide bonds. The van der Waals surface area contributed by atoms with Gasteiger partial charge < -0.3 is 4.74 Å². The molecule has 0 bridgehead atoms. The molecule has 7 heteroatoms. The number of methoxy groups -OCH3 is 1. The molecule has 0 heterocycles. The van der Waals surface area contributed by atoms with Crippen molar-refractivity contribution in [1.29, 1.82) is 5.26 Å². The largest absolute Gasteiger partial charge is 0.495 e. The summed E-state index contributed by atoms with van der Waals surface area (Å²) in [5, 5.41) is 12.8. The Bertz CT molecular complexity index is 815. The van der Waals surface area contributed by atoms with Gasteiger partial charge in [-0.3, -0.25) is 4.79 Å². The molecule has 0 spiro atoms. The molecule has 23 heavy (non-hydrogen) atoms. The highest BCUT2D eigenvalue weighted by molar-refractivity contribution is 6.32. The third kappa shape index (κ3) is 4.05. The van der Waals surface area contributed by atoms with Crippen molar-refractivity contribution in [2.45, 2.75) is 0 Å². The van der Waals surface area contributed by atoms with Crippen molar-refractivity contribution in [3.8, 4) is 11.8 Å². The third-order valence-electron chi connectivity index (χ3n) is 2.90. The summed E-state index contributed by atoms with van der Waals surface area (Å²) in [6.45, 7) is 0. The van der Waals surface area contributed by atoms with Crippen LogP contribution in [0.15, 0.2) is 41.5 Å². The molecule has 0 aromatic heterocycles. The topological polar surface area (TPSA) is 74.5 Å². The van der Waals surface area contributed by atoms with E-state index in [0.29, 0.717) is 16.3 Å². The number of nitriles is 1. The summed E-state index contributed by atoms with van der Waals surface area (Å²) in [5.74, 6) is -0.986. The summed E-state index contributed by atoms with van der Waals surface area (Å²) in [5.41, 5.74) is 2.78. The number of benzene rings is 2. The molecule has 0 aliphatic heterocycles. The van der Waals surface area contributed by atoms with Gasteiger partial charge in [-0.2, -0.15) is 10.4 Å². The van der Waals surface area contributed by atoms with Gasteiger partial charge >= 0.3 is 0 Å². The molecule has 2 aromatic rings. The first kappa shape index (κ1) is 16.5. The quantitative estimate of drug-likeness (QED) is 0.691. The third-order valence-corrected chi connectivity index (χ3v) is 3.19. The maximum Gasteiger partial charge on any atom is 0.274 e. The zero-order valence-electron chi connectivity index (χ0n) is 12.0. The lowest BCUT2D eigenvalue weighted by Gasteiger charge is -2.03. The van der Waals surface area contributed by atoms with E-state index in [-0.39, 0.29) is 11.1 Å². The smallest absolute Gasteiger partial charge is 0.274 e. The SMILES string of the molecule is COc1ccc(/C=N\NC(=O)c2ccc(C#N)cc2F)cc1Cl. The minimum Gasteiger partial charge on any atom is -0.495 e. The summed E-state index contributed by atoms with van der Waals surface area (Å²) in [6.07, 6.45) is 1.37. The Balaban J connectivity index is 2.07. The van der Waals surface area contributed by atoms with Crippen LogP contribution in [0.4, 0.5) is 4.39 Å². The molecule has 2 aromatic carbocycles. The first-order chi connectivity index (χ1) is 11.0. The Morgan fingerprint density at radius 2 is 2.17 bits per heavy atom. The standard InChI is InChI=1S/C16H11ClFN3O2/c1-23-15-5-3-11(6-13(15)17)9-20-21-16(22)12-4-2-10(8-19)7-14(12)18/h2-7,9H,1H3,(H,21,22)/b20-9-. The molecule has 0 aliphatic carbocycles. The number of nitrogens with one attached hydrogen (secondary N) is 1. The first-order valence-electron chi connectivity index (χ1n) is 6.41. The molecular weight excluding hydrogens is 321 g/mol. The number of hydrogen-bond acceptors (Lipinski definition) is 4. The van der Waals surface area contributed by atoms with Gasteiger partial charge in [0.15, 0.2) is 0 Å². The van der Waals surface area contributed by atoms with E-state index in [1.165, 1.54) is 25.5 Å². The maximum absolute atomic E-state index is 13.7. The molecule has 5 nitrogen and oxygen atoms in total. The van der Waals surface area contributed by atoms with E-state index < -0.39 is 11.7 Å². The van der Waals surface area contributed by atoms with Gasteiger partial charge in [0, 0.05) is 0 Å². The number of carbonyl (C=O) groups excluding carboxylic acids is 1. The zero-order chi connectivity index (χ0) is 16.8. The van der Waals surface area contributed by atoms with Crippen LogP contribution in [0.3, 0.4) is 0 Å². The van der Waals surface area contributed by atoms with Crippen LogP contribution in [-0.4, -0.2) is 19.2 Å². The minimum atomic E-state index is -0.788. The molecule has 116 valence electrons. The van der Waals surface area contributed by atoms with Crippen LogP contribution in [0.2, 0.25) is 5.02 Å². The molecule has 0 atom stereocenters. The van der Waals surface area contributed by atoms with Crippen LogP contribution in [0.5, 0.6) is 5.75 Å². The Morgan fingerprint density at radius 1 is 1.39 bits per heavy atom. The highest BCUT2D eigenvalue weighted by Gasteiger charge is 2.11. The van der Waals surface area contributed by atoms with Gasteiger partial charge in [0.25, 0.3) is 5.91 Å². The fraction of sp³-hybridized carbons (Fsp3) is 0.0625. The van der Waals surface area contributed by atoms with Crippen molar-refractivity contribution >= 4 is 23.7 Å². The van der Waals surface area contributed by atoms with Gasteiger partial charge in [-0.25, -0.2) is 9.82 Å². The lowest BCUT2D eigenvalue weighted by atomic mass is 10.1. The lowest BCUT2D eigenvalue weighted by Crippen LogP contribution is -2.19. The van der Waals surface area contributed by atoms with E-state index in [9.17, 15) is 9.18 Å². The van der Waals surface area contributed by atoms with Crippen LogP contribution in [0.25, 0.3) is 0 Å². The second-order valence-corrected chi connectivity index (χ2v) is 4.81. The van der Waals surface area contributed by atoms with Crippen LogP contribution >= 0.6 is 11.6 Å². The lowest BCUT2D eigenvalue weighted by molar-refractivity contribution is 0.0951. The minimum absolute atomic E-state index is 0.135. The molecule has 0 aliphatic rings. The van der Waals surface area contributed by atoms with Gasteiger partial charge in [0.2, 0.25) is 0 Å². The molecule has 1 N–H and O–H groups in total. The molecule has 0 saturated carbocycles. The molecule has 0 fully saturated rings. The van der Waals surface area contributed by atoms with Crippen LogP contribution in [0, 0.1) is 17.1 Å². The highest BCUT2D eigenvalue weighted by atomic mass is 35.5. The summed E-state index contributed by atoms with van der Waals surface area (Å²) in [4.78, 5) is 11.8. The Labute approximate surface area is 137 Å². The van der Waals surface area contributed by atoms with E-state index >= 15 is 0 Å². The van der Waals surface area contributed by atoms with Crippen molar-refractivity contribution in [1.82, 2.24) is 5.43 Å². The number of rotatable bonds is 4. The molecule has 2 rings (SSSR count). The Morgan fingerprint density at radius 3 is 2.78 bits per heavy atom. The van der Waals surface area contributed by atoms with Crippen molar-refractivity contribution in [3.63, 3.8) is 0 Å². The van der Waals surface area contributed by atoms with E-state index in [1.54, 1.807) is 24.3 Å². The van der Waals surface area contributed by atoms with E-state index in [1.807, 2.05) is 0 Å². The summed E-state index contributed by atoms with van der Waals surface area (Å²) in [6, 6.07) is 10.3. The Hall–Kier alpha value is -2.91. The molecule has 0 radical (unpaired) electrons. The van der Waals surface area contributed by atoms with Crippen molar-refractivity contribution in [3.05, 3.63) is 63.9 Å². The first-order valence-corrected chi connectivity index (χ1v) is 6.79. The van der Waals surface area contributed by atoms with E-state index in [0.717, 1.165) is 6.07 Å². The zero-order valence-corrected chi connectivity index (χ0v) is 12.8. The number of halogens is 2. The van der Waals surface area contributed by atoms with Gasteiger partial charge in [0.05, 0.1) is 35.5 Å². The maximum atomic E-state index is 13.7. The van der Waals surface area contributed by atoms with Gasteiger partial charge in [-0.15, -0.1) is 0 Å². The van der Waals surface area contributed by atoms with Crippen molar-refractivity contribution < 1.29 is 13.9 Å². The predicted octanol–water partition coefficient (Wildman–Crippen LogP) is 3.12. The van der Waals surface area contributed by atoms with Crippen LogP contribution in [0.1, 0.15) is 21.5 Å². The van der Waals surface area contributed by atoms with Gasteiger partial charge in [0.1, 0.15) is 11.6 Å². The van der Waals surface area contributed by atoms with Gasteiger partial charge in [-0.1, -0.05) is 11.6 Å². The summed E-state index contributed by atoms with van der Waals surface area (Å²) >= 11 is 5.97. The number of hydrogen-bond donors (Lipinski definition) is 1. The summed E-state index contributed by atoms with van der Waals surface area (Å²) in [7, 11) is 1.50. The number of amides is 1. The molecule has 0 saturated heterocycles. The second-order valence-electron chi connectivity index (χ2n) is 4.40. The summed E-state index contributed by atoms with van der Waals surface area (Å²) < 4.78 is 18.7. The van der Waals surface area contributed by atoms with E-state index in [4.69, 9.17) is 21.6 Å². The number of hydrazone groups is 1. The van der Waals surface area contributed by atoms with E-state index in [2.05, 4.69) is 10.5 Å². The van der Waals surface area contributed by atoms with Crippen molar-refractivity contribution in [2.75, 3.05) is 7.11 Å². The van der Waals surface area contributed by atoms with Crippen molar-refractivity contribution in [2.24, 2.45) is 5.10 Å². The predicted molar refractivity (Wildman–Crippen MR) is 84.2 cm³/mol. The average Bonchev–Trinajstić information content (AvgIpc) is 2.54. The van der Waals surface area contributed by atoms with Crippen LogP contribution < -0.4 is 10.2 Å². The normalized spacial score (nSPS) is 10.3. The monoisotopic (exact) mass is 331 g/mol. The average molecular weight is 332 g/mol.